The Morgan fingerprint density at radius 3 is 2.52 bits per heavy atom. The molecule has 0 fully saturated rings. The number of rotatable bonds is 4. The lowest BCUT2D eigenvalue weighted by Crippen LogP contribution is -2.17. The van der Waals surface area contributed by atoms with Crippen LogP contribution in [-0.2, 0) is 6.18 Å². The van der Waals surface area contributed by atoms with Crippen LogP contribution in [0.2, 0.25) is 0 Å². The van der Waals surface area contributed by atoms with Crippen molar-refractivity contribution in [3.63, 3.8) is 0 Å². The van der Waals surface area contributed by atoms with E-state index in [0.29, 0.717) is 16.9 Å². The molecular weight excluding hydrogens is 425 g/mol. The summed E-state index contributed by atoms with van der Waals surface area (Å²) in [4.78, 5) is 11.9. The fraction of sp³-hybridized carbons (Fsp3) is 0.0526. The zero-order valence-corrected chi connectivity index (χ0v) is 15.2. The zero-order chi connectivity index (χ0) is 19.4. The summed E-state index contributed by atoms with van der Waals surface area (Å²) in [5.41, 5.74) is 2.32. The van der Waals surface area contributed by atoms with Gasteiger partial charge in [0.2, 0.25) is 0 Å². The largest absolute Gasteiger partial charge is 0.455 e. The number of nitrogens with zero attached hydrogens (tertiary/aromatic N) is 1. The van der Waals surface area contributed by atoms with Crippen molar-refractivity contribution in [3.8, 4) is 11.3 Å². The van der Waals surface area contributed by atoms with Gasteiger partial charge >= 0.3 is 6.18 Å². The highest BCUT2D eigenvalue weighted by Gasteiger charge is 2.30. The van der Waals surface area contributed by atoms with Crippen LogP contribution in [0.3, 0.4) is 0 Å². The average molecular weight is 437 g/mol. The van der Waals surface area contributed by atoms with E-state index in [2.05, 4.69) is 26.5 Å². The minimum Gasteiger partial charge on any atom is -0.455 e. The third-order valence-corrected chi connectivity index (χ3v) is 4.09. The van der Waals surface area contributed by atoms with Gasteiger partial charge in [-0.15, -0.1) is 0 Å². The van der Waals surface area contributed by atoms with E-state index in [1.807, 2.05) is 0 Å². The van der Waals surface area contributed by atoms with E-state index in [1.165, 1.54) is 24.4 Å². The van der Waals surface area contributed by atoms with Crippen LogP contribution in [0.4, 0.5) is 13.2 Å². The van der Waals surface area contributed by atoms with E-state index in [4.69, 9.17) is 4.42 Å². The van der Waals surface area contributed by atoms with Gasteiger partial charge in [0.1, 0.15) is 11.5 Å². The molecule has 0 atom stereocenters. The van der Waals surface area contributed by atoms with Gasteiger partial charge in [-0.2, -0.15) is 18.3 Å². The number of furan rings is 1. The molecule has 1 amide bonds. The molecule has 138 valence electrons. The highest BCUT2D eigenvalue weighted by Crippen LogP contribution is 2.32. The second-order valence-corrected chi connectivity index (χ2v) is 6.40. The predicted octanol–water partition coefficient (Wildman–Crippen LogP) is 5.49. The van der Waals surface area contributed by atoms with Gasteiger partial charge in [0.15, 0.2) is 0 Å². The molecule has 0 aliphatic carbocycles. The van der Waals surface area contributed by atoms with Crippen molar-refractivity contribution >= 4 is 28.1 Å². The van der Waals surface area contributed by atoms with E-state index in [-0.39, 0.29) is 5.76 Å². The molecule has 0 saturated carbocycles. The summed E-state index contributed by atoms with van der Waals surface area (Å²) in [7, 11) is 0. The Kier molecular flexibility index (Phi) is 5.46. The SMILES string of the molecule is O=C(NN=Cc1ccc(-c2cccc(C(F)(F)F)c2)o1)c1ccc(Br)cc1. The molecule has 1 N–H and O–H groups in total. The first kappa shape index (κ1) is 18.9. The summed E-state index contributed by atoms with van der Waals surface area (Å²) in [6.45, 7) is 0. The number of carbonyl (C=O) groups is 1. The normalized spacial score (nSPS) is 11.7. The Morgan fingerprint density at radius 2 is 1.81 bits per heavy atom. The number of hydrogen-bond acceptors (Lipinski definition) is 3. The molecule has 8 heteroatoms. The Morgan fingerprint density at radius 1 is 1.07 bits per heavy atom. The van der Waals surface area contributed by atoms with Crippen LogP contribution in [0.25, 0.3) is 11.3 Å². The Hall–Kier alpha value is -2.87. The van der Waals surface area contributed by atoms with Gasteiger partial charge in [0.25, 0.3) is 5.91 Å². The van der Waals surface area contributed by atoms with Crippen molar-refractivity contribution in [1.29, 1.82) is 0 Å². The van der Waals surface area contributed by atoms with Crippen LogP contribution in [0.1, 0.15) is 21.7 Å². The Balaban J connectivity index is 1.68. The number of hydrogen-bond donors (Lipinski definition) is 1. The first-order chi connectivity index (χ1) is 12.8. The van der Waals surface area contributed by atoms with E-state index < -0.39 is 17.6 Å². The molecule has 27 heavy (non-hydrogen) atoms. The predicted molar refractivity (Wildman–Crippen MR) is 98.3 cm³/mol. The summed E-state index contributed by atoms with van der Waals surface area (Å²) in [5, 5.41) is 3.79. The summed E-state index contributed by atoms with van der Waals surface area (Å²) >= 11 is 3.28. The monoisotopic (exact) mass is 436 g/mol. The minimum atomic E-state index is -4.43. The van der Waals surface area contributed by atoms with Crippen LogP contribution >= 0.6 is 15.9 Å². The summed E-state index contributed by atoms with van der Waals surface area (Å²) in [6, 6.07) is 14.6. The first-order valence-corrected chi connectivity index (χ1v) is 8.49. The molecule has 0 unspecified atom stereocenters. The number of amides is 1. The van der Waals surface area contributed by atoms with Crippen molar-refractivity contribution in [2.45, 2.75) is 6.18 Å². The Labute approximate surface area is 160 Å². The van der Waals surface area contributed by atoms with Crippen molar-refractivity contribution in [1.82, 2.24) is 5.43 Å². The fourth-order valence-electron chi connectivity index (χ4n) is 2.25. The molecular formula is C19H12BrF3N2O2. The molecule has 0 radical (unpaired) electrons. The third kappa shape index (κ3) is 4.85. The van der Waals surface area contributed by atoms with Crippen LogP contribution < -0.4 is 5.43 Å². The molecule has 3 aromatic rings. The van der Waals surface area contributed by atoms with Crippen molar-refractivity contribution < 1.29 is 22.4 Å². The lowest BCUT2D eigenvalue weighted by atomic mass is 10.1. The standard InChI is InChI=1S/C19H12BrF3N2O2/c20-15-6-4-12(5-7-15)18(26)25-24-11-16-8-9-17(27-16)13-2-1-3-14(10-13)19(21,22)23/h1-11H,(H,25,26). The number of hydrazone groups is 1. The van der Waals surface area contributed by atoms with Crippen LogP contribution in [0.15, 0.2) is 74.7 Å². The number of alkyl halides is 3. The lowest BCUT2D eigenvalue weighted by Gasteiger charge is -2.07. The number of benzene rings is 2. The highest BCUT2D eigenvalue weighted by atomic mass is 79.9. The van der Waals surface area contributed by atoms with Gasteiger partial charge in [0.05, 0.1) is 11.8 Å². The van der Waals surface area contributed by atoms with E-state index in [9.17, 15) is 18.0 Å². The van der Waals surface area contributed by atoms with Gasteiger partial charge in [-0.3, -0.25) is 4.79 Å². The topological polar surface area (TPSA) is 54.6 Å². The molecule has 0 bridgehead atoms. The van der Waals surface area contributed by atoms with Gasteiger partial charge in [-0.05, 0) is 48.5 Å². The molecule has 1 heterocycles. The molecule has 1 aromatic heterocycles. The van der Waals surface area contributed by atoms with Crippen molar-refractivity contribution in [2.24, 2.45) is 5.10 Å². The summed E-state index contributed by atoms with van der Waals surface area (Å²) < 4.78 is 44.7. The maximum Gasteiger partial charge on any atom is 0.416 e. The second kappa shape index (κ2) is 7.79. The Bertz CT molecular complexity index is 979. The van der Waals surface area contributed by atoms with Gasteiger partial charge in [0, 0.05) is 15.6 Å². The van der Waals surface area contributed by atoms with Crippen LogP contribution in [-0.4, -0.2) is 12.1 Å². The van der Waals surface area contributed by atoms with Crippen LogP contribution in [0.5, 0.6) is 0 Å². The second-order valence-electron chi connectivity index (χ2n) is 5.49. The molecule has 2 aromatic carbocycles. The number of halogens is 4. The van der Waals surface area contributed by atoms with Gasteiger partial charge < -0.3 is 4.42 Å². The third-order valence-electron chi connectivity index (χ3n) is 3.57. The average Bonchev–Trinajstić information content (AvgIpc) is 3.10. The zero-order valence-electron chi connectivity index (χ0n) is 13.6. The number of carbonyl (C=O) groups excluding carboxylic acids is 1. The van der Waals surface area contributed by atoms with Gasteiger partial charge in [-0.1, -0.05) is 28.1 Å². The van der Waals surface area contributed by atoms with Gasteiger partial charge in [-0.25, -0.2) is 5.43 Å². The van der Waals surface area contributed by atoms with Crippen molar-refractivity contribution in [2.75, 3.05) is 0 Å². The number of nitrogens with one attached hydrogen (secondary N) is 1. The minimum absolute atomic E-state index is 0.266. The van der Waals surface area contributed by atoms with Crippen molar-refractivity contribution in [3.05, 3.63) is 82.0 Å². The summed E-state index contributed by atoms with van der Waals surface area (Å²) in [6.07, 6.45) is -3.15. The quantitative estimate of drug-likeness (QED) is 0.434. The first-order valence-electron chi connectivity index (χ1n) is 7.69. The molecule has 0 saturated heterocycles. The fourth-order valence-corrected chi connectivity index (χ4v) is 2.51. The van der Waals surface area contributed by atoms with E-state index >= 15 is 0 Å². The molecule has 0 spiro atoms. The van der Waals surface area contributed by atoms with Crippen LogP contribution in [0, 0.1) is 0 Å². The maximum absolute atomic E-state index is 12.8. The van der Waals surface area contributed by atoms with E-state index in [1.54, 1.807) is 30.3 Å². The lowest BCUT2D eigenvalue weighted by molar-refractivity contribution is -0.137. The van der Waals surface area contributed by atoms with E-state index in [0.717, 1.165) is 16.6 Å². The summed E-state index contributed by atoms with van der Waals surface area (Å²) in [5.74, 6) is 0.156. The maximum atomic E-state index is 12.8. The molecule has 4 nitrogen and oxygen atoms in total. The molecule has 3 rings (SSSR count). The highest BCUT2D eigenvalue weighted by molar-refractivity contribution is 9.10. The smallest absolute Gasteiger partial charge is 0.416 e. The molecule has 0 aliphatic rings. The molecule has 0 aliphatic heterocycles.